The quantitative estimate of drug-likeness (QED) is 0.835. The highest BCUT2D eigenvalue weighted by molar-refractivity contribution is 5.73. The molecule has 4 heteroatoms. The third-order valence-electron chi connectivity index (χ3n) is 2.99. The van der Waals surface area contributed by atoms with Gasteiger partial charge in [-0.1, -0.05) is 0 Å². The molecule has 0 unspecified atom stereocenters. The van der Waals surface area contributed by atoms with Crippen molar-refractivity contribution < 1.29 is 9.47 Å². The highest BCUT2D eigenvalue weighted by Gasteiger charge is 2.15. The lowest BCUT2D eigenvalue weighted by molar-refractivity contribution is 0.394. The van der Waals surface area contributed by atoms with Crippen molar-refractivity contribution in [3.63, 3.8) is 0 Å². The number of aromatic nitrogens is 2. The summed E-state index contributed by atoms with van der Waals surface area (Å²) >= 11 is 0. The van der Waals surface area contributed by atoms with Crippen LogP contribution in [0.5, 0.6) is 11.5 Å². The molecule has 96 valence electrons. The molecule has 0 saturated heterocycles. The fraction of sp³-hybridized carbons (Fsp3) is 0.357. The molecule has 0 radical (unpaired) electrons. The van der Waals surface area contributed by atoms with Crippen molar-refractivity contribution in [2.75, 3.05) is 14.2 Å². The minimum absolute atomic E-state index is 0.798. The number of hydrogen-bond acceptors (Lipinski definition) is 3. The Bertz CT molecular complexity index is 573. The van der Waals surface area contributed by atoms with Crippen molar-refractivity contribution in [3.8, 4) is 22.8 Å². The van der Waals surface area contributed by atoms with Crippen LogP contribution >= 0.6 is 0 Å². The van der Waals surface area contributed by atoms with E-state index in [1.165, 1.54) is 0 Å². The van der Waals surface area contributed by atoms with Crippen LogP contribution < -0.4 is 9.47 Å². The third kappa shape index (κ3) is 2.06. The van der Waals surface area contributed by atoms with E-state index in [1.807, 2.05) is 37.7 Å². The van der Waals surface area contributed by atoms with Gasteiger partial charge in [-0.3, -0.25) is 4.68 Å². The molecule has 2 rings (SSSR count). The lowest BCUT2D eigenvalue weighted by Crippen LogP contribution is -1.99. The maximum absolute atomic E-state index is 5.47. The van der Waals surface area contributed by atoms with Gasteiger partial charge in [0.15, 0.2) is 0 Å². The second-order valence-electron chi connectivity index (χ2n) is 4.32. The smallest absolute Gasteiger partial charge is 0.132 e. The zero-order valence-corrected chi connectivity index (χ0v) is 11.4. The summed E-state index contributed by atoms with van der Waals surface area (Å²) in [6.45, 7) is 4.03. The summed E-state index contributed by atoms with van der Waals surface area (Å²) in [4.78, 5) is 0. The van der Waals surface area contributed by atoms with E-state index in [9.17, 15) is 0 Å². The average molecular weight is 246 g/mol. The van der Waals surface area contributed by atoms with Crippen molar-refractivity contribution in [2.45, 2.75) is 13.8 Å². The summed E-state index contributed by atoms with van der Waals surface area (Å²) in [7, 11) is 5.26. The monoisotopic (exact) mass is 246 g/mol. The molecule has 0 aliphatic carbocycles. The maximum Gasteiger partial charge on any atom is 0.132 e. The summed E-state index contributed by atoms with van der Waals surface area (Å²) < 4.78 is 12.6. The molecule has 0 saturated carbocycles. The van der Waals surface area contributed by atoms with Crippen LogP contribution in [-0.2, 0) is 7.05 Å². The van der Waals surface area contributed by atoms with Crippen LogP contribution in [0.1, 0.15) is 11.3 Å². The molecule has 0 amide bonds. The molecule has 2 aromatic rings. The van der Waals surface area contributed by atoms with E-state index in [-0.39, 0.29) is 0 Å². The number of hydrogen-bond donors (Lipinski definition) is 0. The number of ether oxygens (including phenoxy) is 2. The van der Waals surface area contributed by atoms with Crippen molar-refractivity contribution in [1.29, 1.82) is 0 Å². The van der Waals surface area contributed by atoms with Gasteiger partial charge in [-0.2, -0.15) is 5.10 Å². The number of rotatable bonds is 3. The molecule has 0 aliphatic rings. The fourth-order valence-electron chi connectivity index (χ4n) is 2.17. The topological polar surface area (TPSA) is 36.3 Å². The largest absolute Gasteiger partial charge is 0.497 e. The Morgan fingerprint density at radius 1 is 1.06 bits per heavy atom. The molecule has 0 spiro atoms. The summed E-state index contributed by atoms with van der Waals surface area (Å²) in [5, 5.41) is 4.38. The summed E-state index contributed by atoms with van der Waals surface area (Å²) in [5.41, 5.74) is 4.20. The molecule has 1 heterocycles. The Morgan fingerprint density at radius 3 is 2.28 bits per heavy atom. The van der Waals surface area contributed by atoms with Crippen LogP contribution in [0.25, 0.3) is 11.3 Å². The molecule has 0 aliphatic heterocycles. The van der Waals surface area contributed by atoms with Gasteiger partial charge in [0.2, 0.25) is 0 Å². The predicted octanol–water partition coefficient (Wildman–Crippen LogP) is 2.72. The lowest BCUT2D eigenvalue weighted by atomic mass is 10.0. The highest BCUT2D eigenvalue weighted by atomic mass is 16.5. The Kier molecular flexibility index (Phi) is 3.28. The predicted molar refractivity (Wildman–Crippen MR) is 71.2 cm³/mol. The molecule has 1 aromatic carbocycles. The van der Waals surface area contributed by atoms with Crippen molar-refractivity contribution in [2.24, 2.45) is 7.05 Å². The van der Waals surface area contributed by atoms with Gasteiger partial charge >= 0.3 is 0 Å². The first-order valence-corrected chi connectivity index (χ1v) is 5.80. The van der Waals surface area contributed by atoms with E-state index in [0.717, 1.165) is 34.0 Å². The third-order valence-corrected chi connectivity index (χ3v) is 2.99. The fourth-order valence-corrected chi connectivity index (χ4v) is 2.17. The van der Waals surface area contributed by atoms with Crippen LogP contribution in [-0.4, -0.2) is 24.0 Å². The molecular formula is C14H18N2O2. The van der Waals surface area contributed by atoms with Crippen molar-refractivity contribution >= 4 is 0 Å². The Balaban J connectivity index is 2.66. The standard InChI is InChI=1S/C14H18N2O2/c1-9-6-11(17-4)8-13(18-5)14(9)12-7-10(2)15-16(12)3/h6-8H,1-5H3. The normalized spacial score (nSPS) is 10.5. The maximum atomic E-state index is 5.47. The summed E-state index contributed by atoms with van der Waals surface area (Å²) in [5.74, 6) is 1.60. The SMILES string of the molecule is COc1cc(C)c(-c2cc(C)nn2C)c(OC)c1. The van der Waals surface area contributed by atoms with Crippen LogP contribution in [0, 0.1) is 13.8 Å². The second kappa shape index (κ2) is 4.72. The van der Waals surface area contributed by atoms with Crippen LogP contribution in [0.3, 0.4) is 0 Å². The zero-order valence-electron chi connectivity index (χ0n) is 11.4. The molecule has 18 heavy (non-hydrogen) atoms. The van der Waals surface area contributed by atoms with Gasteiger partial charge in [0.25, 0.3) is 0 Å². The first kappa shape index (κ1) is 12.5. The Hall–Kier alpha value is -1.97. The van der Waals surface area contributed by atoms with E-state index in [0.29, 0.717) is 0 Å². The molecular weight excluding hydrogens is 228 g/mol. The van der Waals surface area contributed by atoms with Crippen molar-refractivity contribution in [3.05, 3.63) is 29.5 Å². The van der Waals surface area contributed by atoms with E-state index in [1.54, 1.807) is 14.2 Å². The summed E-state index contributed by atoms with van der Waals surface area (Å²) in [6, 6.07) is 5.95. The van der Waals surface area contributed by atoms with E-state index < -0.39 is 0 Å². The van der Waals surface area contributed by atoms with Gasteiger partial charge in [-0.15, -0.1) is 0 Å². The van der Waals surface area contributed by atoms with Crippen LogP contribution in [0.4, 0.5) is 0 Å². The first-order chi connectivity index (χ1) is 8.56. The summed E-state index contributed by atoms with van der Waals surface area (Å²) in [6.07, 6.45) is 0. The van der Waals surface area contributed by atoms with Gasteiger partial charge in [0, 0.05) is 18.7 Å². The van der Waals surface area contributed by atoms with Crippen LogP contribution in [0.2, 0.25) is 0 Å². The average Bonchev–Trinajstić information content (AvgIpc) is 2.67. The van der Waals surface area contributed by atoms with Crippen LogP contribution in [0.15, 0.2) is 18.2 Å². The molecule has 1 aromatic heterocycles. The molecule has 0 fully saturated rings. The van der Waals surface area contributed by atoms with Crippen molar-refractivity contribution in [1.82, 2.24) is 9.78 Å². The number of methoxy groups -OCH3 is 2. The van der Waals surface area contributed by atoms with E-state index >= 15 is 0 Å². The molecule has 4 nitrogen and oxygen atoms in total. The minimum Gasteiger partial charge on any atom is -0.497 e. The molecule has 0 atom stereocenters. The van der Waals surface area contributed by atoms with Gasteiger partial charge in [-0.05, 0) is 31.5 Å². The number of aryl methyl sites for hydroxylation is 3. The van der Waals surface area contributed by atoms with Gasteiger partial charge < -0.3 is 9.47 Å². The van der Waals surface area contributed by atoms with E-state index in [4.69, 9.17) is 9.47 Å². The Labute approximate surface area is 107 Å². The van der Waals surface area contributed by atoms with Gasteiger partial charge in [0.05, 0.1) is 25.6 Å². The molecule has 0 N–H and O–H groups in total. The lowest BCUT2D eigenvalue weighted by Gasteiger charge is -2.13. The van der Waals surface area contributed by atoms with Gasteiger partial charge in [-0.25, -0.2) is 0 Å². The first-order valence-electron chi connectivity index (χ1n) is 5.80. The molecule has 0 bridgehead atoms. The highest BCUT2D eigenvalue weighted by Crippen LogP contribution is 2.36. The Morgan fingerprint density at radius 2 is 1.78 bits per heavy atom. The minimum atomic E-state index is 0.798. The van der Waals surface area contributed by atoms with Gasteiger partial charge in [0.1, 0.15) is 11.5 Å². The second-order valence-corrected chi connectivity index (χ2v) is 4.32. The number of nitrogens with zero attached hydrogens (tertiary/aromatic N) is 2. The van der Waals surface area contributed by atoms with E-state index in [2.05, 4.69) is 11.2 Å². The zero-order chi connectivity index (χ0) is 13.3. The number of benzene rings is 1.